The van der Waals surface area contributed by atoms with Crippen LogP contribution in [-0.2, 0) is 14.3 Å². The average Bonchev–Trinajstić information content (AvgIpc) is 2.98. The minimum Gasteiger partial charge on any atom is -0.479 e. The molecule has 2 rings (SSSR count). The summed E-state index contributed by atoms with van der Waals surface area (Å²) in [5, 5.41) is 21.0. The Morgan fingerprint density at radius 1 is 1.22 bits per heavy atom. The highest BCUT2D eigenvalue weighted by molar-refractivity contribution is 5.83. The molecule has 0 spiro atoms. The second kappa shape index (κ2) is 5.24. The molecule has 0 radical (unpaired) electrons. The smallest absolute Gasteiger partial charge is 0.332 e. The van der Waals surface area contributed by atoms with Gasteiger partial charge in [-0.2, -0.15) is 0 Å². The Balaban J connectivity index is 1.90. The van der Waals surface area contributed by atoms with Crippen LogP contribution in [0.15, 0.2) is 0 Å². The third kappa shape index (κ3) is 2.64. The Kier molecular flexibility index (Phi) is 3.87. The van der Waals surface area contributed by atoms with Crippen LogP contribution in [0.25, 0.3) is 0 Å². The molecule has 2 fully saturated rings. The van der Waals surface area contributed by atoms with Gasteiger partial charge < -0.3 is 20.3 Å². The number of carboxylic acid groups (broad SMARTS) is 1. The van der Waals surface area contributed by atoms with E-state index in [0.29, 0.717) is 12.8 Å². The molecule has 102 valence electrons. The van der Waals surface area contributed by atoms with Crippen molar-refractivity contribution >= 4 is 11.9 Å². The van der Waals surface area contributed by atoms with Crippen molar-refractivity contribution in [3.8, 4) is 0 Å². The third-order valence-electron chi connectivity index (χ3n) is 3.84. The summed E-state index contributed by atoms with van der Waals surface area (Å²) in [7, 11) is 0. The van der Waals surface area contributed by atoms with Crippen molar-refractivity contribution in [2.45, 2.75) is 56.3 Å². The van der Waals surface area contributed by atoms with E-state index in [0.717, 1.165) is 25.7 Å². The van der Waals surface area contributed by atoms with E-state index in [2.05, 4.69) is 5.32 Å². The minimum atomic E-state index is -1.02. The van der Waals surface area contributed by atoms with Crippen molar-refractivity contribution in [3.05, 3.63) is 0 Å². The highest BCUT2D eigenvalue weighted by Gasteiger charge is 2.40. The van der Waals surface area contributed by atoms with E-state index < -0.39 is 23.7 Å². The van der Waals surface area contributed by atoms with Crippen LogP contribution >= 0.6 is 0 Å². The van der Waals surface area contributed by atoms with Crippen LogP contribution in [0.3, 0.4) is 0 Å². The van der Waals surface area contributed by atoms with Gasteiger partial charge in [-0.05, 0) is 25.7 Å². The van der Waals surface area contributed by atoms with Crippen molar-refractivity contribution in [1.82, 2.24) is 5.32 Å². The molecular formula is C12H19NO5. The molecular weight excluding hydrogens is 238 g/mol. The van der Waals surface area contributed by atoms with Gasteiger partial charge in [-0.1, -0.05) is 12.8 Å². The maximum absolute atomic E-state index is 12.0. The van der Waals surface area contributed by atoms with Gasteiger partial charge in [0.25, 0.3) is 0 Å². The lowest BCUT2D eigenvalue weighted by Gasteiger charge is -2.29. The molecule has 0 bridgehead atoms. The van der Waals surface area contributed by atoms with Crippen LogP contribution in [0, 0.1) is 0 Å². The molecule has 2 aliphatic rings. The fourth-order valence-electron chi connectivity index (χ4n) is 2.73. The molecule has 0 unspecified atom stereocenters. The first-order valence-electron chi connectivity index (χ1n) is 6.37. The van der Waals surface area contributed by atoms with Gasteiger partial charge in [0.05, 0.1) is 12.1 Å². The van der Waals surface area contributed by atoms with Crippen LogP contribution in [0.5, 0.6) is 0 Å². The number of carbonyl (C=O) groups is 2. The highest BCUT2D eigenvalue weighted by Crippen LogP contribution is 2.30. The van der Waals surface area contributed by atoms with Gasteiger partial charge in [0.1, 0.15) is 6.10 Å². The van der Waals surface area contributed by atoms with Gasteiger partial charge >= 0.3 is 5.97 Å². The third-order valence-corrected chi connectivity index (χ3v) is 3.84. The SMILES string of the molecule is O=C(NC1(CO)CCCC1)[C@@H]1CC[C@H](C(=O)O)O1. The second-order valence-corrected chi connectivity index (χ2v) is 5.16. The first-order chi connectivity index (χ1) is 8.56. The number of nitrogens with one attached hydrogen (secondary N) is 1. The molecule has 3 N–H and O–H groups in total. The van der Waals surface area contributed by atoms with Crippen molar-refractivity contribution in [1.29, 1.82) is 0 Å². The molecule has 2 atom stereocenters. The lowest BCUT2D eigenvalue weighted by molar-refractivity contribution is -0.152. The number of hydrogen-bond acceptors (Lipinski definition) is 4. The summed E-state index contributed by atoms with van der Waals surface area (Å²) >= 11 is 0. The molecule has 1 amide bonds. The maximum atomic E-state index is 12.0. The summed E-state index contributed by atoms with van der Waals surface area (Å²) < 4.78 is 5.19. The van der Waals surface area contributed by atoms with Gasteiger partial charge in [-0.25, -0.2) is 4.79 Å². The van der Waals surface area contributed by atoms with Crippen molar-refractivity contribution in [2.24, 2.45) is 0 Å². The molecule has 1 aliphatic heterocycles. The molecule has 0 aromatic carbocycles. The molecule has 6 nitrogen and oxygen atoms in total. The Labute approximate surface area is 105 Å². The Bertz CT molecular complexity index is 337. The molecule has 1 saturated heterocycles. The average molecular weight is 257 g/mol. The number of rotatable bonds is 4. The van der Waals surface area contributed by atoms with E-state index in [4.69, 9.17) is 9.84 Å². The molecule has 18 heavy (non-hydrogen) atoms. The Morgan fingerprint density at radius 2 is 1.83 bits per heavy atom. The zero-order chi connectivity index (χ0) is 13.2. The molecule has 1 saturated carbocycles. The number of aliphatic carboxylic acids is 1. The van der Waals surface area contributed by atoms with Gasteiger partial charge in [0.2, 0.25) is 5.91 Å². The van der Waals surface area contributed by atoms with E-state index in [1.807, 2.05) is 0 Å². The number of hydrogen-bond donors (Lipinski definition) is 3. The topological polar surface area (TPSA) is 95.9 Å². The van der Waals surface area contributed by atoms with Crippen LogP contribution in [0.2, 0.25) is 0 Å². The summed E-state index contributed by atoms with van der Waals surface area (Å²) in [6, 6.07) is 0. The van der Waals surface area contributed by atoms with Crippen molar-refractivity contribution in [2.75, 3.05) is 6.61 Å². The summed E-state index contributed by atoms with van der Waals surface area (Å²) in [6.07, 6.45) is 2.72. The van der Waals surface area contributed by atoms with E-state index in [9.17, 15) is 14.7 Å². The lowest BCUT2D eigenvalue weighted by Crippen LogP contribution is -2.52. The number of aliphatic hydroxyl groups excluding tert-OH is 1. The van der Waals surface area contributed by atoms with Crippen LogP contribution in [0.1, 0.15) is 38.5 Å². The fraction of sp³-hybridized carbons (Fsp3) is 0.833. The predicted molar refractivity (Wildman–Crippen MR) is 62.0 cm³/mol. The molecule has 1 aliphatic carbocycles. The van der Waals surface area contributed by atoms with E-state index in [-0.39, 0.29) is 12.5 Å². The summed E-state index contributed by atoms with van der Waals surface area (Å²) in [6.45, 7) is -0.0756. The lowest BCUT2D eigenvalue weighted by atomic mass is 9.98. The van der Waals surface area contributed by atoms with E-state index >= 15 is 0 Å². The first-order valence-corrected chi connectivity index (χ1v) is 6.37. The van der Waals surface area contributed by atoms with Crippen molar-refractivity contribution in [3.63, 3.8) is 0 Å². The number of carboxylic acids is 1. The number of aliphatic hydroxyl groups is 1. The first kappa shape index (κ1) is 13.3. The molecule has 0 aromatic rings. The van der Waals surface area contributed by atoms with Gasteiger partial charge in [-0.15, -0.1) is 0 Å². The second-order valence-electron chi connectivity index (χ2n) is 5.16. The van der Waals surface area contributed by atoms with Gasteiger partial charge in [0.15, 0.2) is 6.10 Å². The number of ether oxygens (including phenoxy) is 1. The highest BCUT2D eigenvalue weighted by atomic mass is 16.5. The zero-order valence-corrected chi connectivity index (χ0v) is 10.2. The van der Waals surface area contributed by atoms with Gasteiger partial charge in [0, 0.05) is 0 Å². The van der Waals surface area contributed by atoms with E-state index in [1.165, 1.54) is 0 Å². The standard InChI is InChI=1S/C12H19NO5/c14-7-12(5-1-2-6-12)13-10(15)8-3-4-9(18-8)11(16)17/h8-9,14H,1-7H2,(H,13,15)(H,16,17)/t8-,9+/m0/s1. The quantitative estimate of drug-likeness (QED) is 0.661. The largest absolute Gasteiger partial charge is 0.479 e. The minimum absolute atomic E-state index is 0.0756. The summed E-state index contributed by atoms with van der Waals surface area (Å²) in [5.41, 5.74) is -0.526. The predicted octanol–water partition coefficient (Wildman–Crippen LogP) is 0.0399. The zero-order valence-electron chi connectivity index (χ0n) is 10.2. The number of amides is 1. The molecule has 1 heterocycles. The monoisotopic (exact) mass is 257 g/mol. The van der Waals surface area contributed by atoms with Crippen molar-refractivity contribution < 1.29 is 24.5 Å². The Morgan fingerprint density at radius 3 is 2.33 bits per heavy atom. The van der Waals surface area contributed by atoms with Crippen LogP contribution in [-0.4, -0.2) is 46.4 Å². The Hall–Kier alpha value is -1.14. The number of carbonyl (C=O) groups excluding carboxylic acids is 1. The normalized spacial score (nSPS) is 30.3. The van der Waals surface area contributed by atoms with E-state index in [1.54, 1.807) is 0 Å². The van der Waals surface area contributed by atoms with Crippen LogP contribution < -0.4 is 5.32 Å². The van der Waals surface area contributed by atoms with Gasteiger partial charge in [-0.3, -0.25) is 4.79 Å². The molecule has 6 heteroatoms. The summed E-state index contributed by atoms with van der Waals surface area (Å²) in [4.78, 5) is 22.7. The molecule has 0 aromatic heterocycles. The maximum Gasteiger partial charge on any atom is 0.332 e. The summed E-state index contributed by atoms with van der Waals surface area (Å²) in [5.74, 6) is -1.32. The van der Waals surface area contributed by atoms with Crippen LogP contribution in [0.4, 0.5) is 0 Å². The fourth-order valence-corrected chi connectivity index (χ4v) is 2.73.